The molecule has 1 saturated heterocycles. The van der Waals surface area contributed by atoms with Crippen LogP contribution in [-0.4, -0.2) is 44.2 Å². The number of benzene rings is 2. The molecule has 33 heavy (non-hydrogen) atoms. The molecule has 9 heteroatoms. The van der Waals surface area contributed by atoms with Crippen LogP contribution < -0.4 is 14.8 Å². The average molecular weight is 483 g/mol. The molecule has 3 rings (SSSR count). The van der Waals surface area contributed by atoms with Gasteiger partial charge in [0.25, 0.3) is 0 Å². The first kappa shape index (κ1) is 24.9. The third-order valence-electron chi connectivity index (χ3n) is 5.48. The number of carbonyl (C=O) groups excluding carboxylic acids is 1. The number of carbonyl (C=O) groups is 1. The lowest BCUT2D eigenvalue weighted by Gasteiger charge is -2.32. The van der Waals surface area contributed by atoms with E-state index in [9.17, 15) is 18.0 Å². The molecule has 0 aliphatic carbocycles. The van der Waals surface area contributed by atoms with Crippen LogP contribution in [0, 0.1) is 0 Å². The SMILES string of the molecule is COc1cc(C=CC(=O)NC2CCN(Cc3cccc(C(F)(F)F)c3)CC2)cc(Cl)c1OC. The standard InChI is InChI=1S/C24H26ClF3N2O3/c1-32-21-14-16(13-20(25)23(21)33-2)6-7-22(31)29-19-8-10-30(11-9-19)15-17-4-3-5-18(12-17)24(26,27)28/h3-7,12-14,19H,8-11,15H2,1-2H3,(H,29,31). The van der Waals surface area contributed by atoms with Crippen LogP contribution in [0.25, 0.3) is 6.08 Å². The Hall–Kier alpha value is -2.71. The molecule has 0 bridgehead atoms. The maximum Gasteiger partial charge on any atom is 0.416 e. The first-order chi connectivity index (χ1) is 15.7. The number of halogens is 4. The highest BCUT2D eigenvalue weighted by Crippen LogP contribution is 2.36. The number of alkyl halides is 3. The molecule has 0 spiro atoms. The van der Waals surface area contributed by atoms with Gasteiger partial charge in [0.2, 0.25) is 5.91 Å². The summed E-state index contributed by atoms with van der Waals surface area (Å²) in [4.78, 5) is 14.4. The van der Waals surface area contributed by atoms with Gasteiger partial charge in [-0.25, -0.2) is 0 Å². The van der Waals surface area contributed by atoms with Crippen molar-refractivity contribution < 1.29 is 27.4 Å². The summed E-state index contributed by atoms with van der Waals surface area (Å²) in [5, 5.41) is 3.36. The van der Waals surface area contributed by atoms with Crippen molar-refractivity contribution in [2.45, 2.75) is 31.6 Å². The minimum Gasteiger partial charge on any atom is -0.493 e. The van der Waals surface area contributed by atoms with Crippen molar-refractivity contribution in [1.82, 2.24) is 10.2 Å². The van der Waals surface area contributed by atoms with Crippen LogP contribution in [0.1, 0.15) is 29.5 Å². The van der Waals surface area contributed by atoms with Gasteiger partial charge in [-0.3, -0.25) is 9.69 Å². The molecule has 0 radical (unpaired) electrons. The number of nitrogens with zero attached hydrogens (tertiary/aromatic N) is 1. The second kappa shape index (κ2) is 10.9. The van der Waals surface area contributed by atoms with E-state index in [0.29, 0.717) is 47.3 Å². The molecule has 1 N–H and O–H groups in total. The summed E-state index contributed by atoms with van der Waals surface area (Å²) in [6.07, 6.45) is 0.184. The fraction of sp³-hybridized carbons (Fsp3) is 0.375. The van der Waals surface area contributed by atoms with Crippen LogP contribution >= 0.6 is 11.6 Å². The van der Waals surface area contributed by atoms with Crippen molar-refractivity contribution in [1.29, 1.82) is 0 Å². The van der Waals surface area contributed by atoms with Crippen LogP contribution in [0.5, 0.6) is 11.5 Å². The summed E-state index contributed by atoms with van der Waals surface area (Å²) in [7, 11) is 3.01. The van der Waals surface area contributed by atoms with E-state index in [1.807, 2.05) is 0 Å². The minimum absolute atomic E-state index is 0.00824. The Morgan fingerprint density at radius 1 is 1.18 bits per heavy atom. The number of rotatable bonds is 7. The zero-order valence-electron chi connectivity index (χ0n) is 18.4. The van der Waals surface area contributed by atoms with E-state index in [0.717, 1.165) is 18.9 Å². The molecule has 0 aromatic heterocycles. The van der Waals surface area contributed by atoms with E-state index in [1.54, 1.807) is 24.3 Å². The predicted octanol–water partition coefficient (Wildman–Crippen LogP) is 5.17. The highest BCUT2D eigenvalue weighted by molar-refractivity contribution is 6.32. The van der Waals surface area contributed by atoms with Gasteiger partial charge in [0.15, 0.2) is 11.5 Å². The first-order valence-electron chi connectivity index (χ1n) is 10.5. The Morgan fingerprint density at radius 2 is 1.91 bits per heavy atom. The molecule has 1 aliphatic rings. The van der Waals surface area contributed by atoms with Crippen molar-refractivity contribution in [3.8, 4) is 11.5 Å². The summed E-state index contributed by atoms with van der Waals surface area (Å²) in [5.74, 6) is 0.674. The zero-order valence-corrected chi connectivity index (χ0v) is 19.2. The summed E-state index contributed by atoms with van der Waals surface area (Å²) in [5.41, 5.74) is 0.692. The molecule has 2 aromatic rings. The molecule has 1 amide bonds. The summed E-state index contributed by atoms with van der Waals surface area (Å²) >= 11 is 6.19. The second-order valence-corrected chi connectivity index (χ2v) is 8.24. The van der Waals surface area contributed by atoms with Gasteiger partial charge in [-0.2, -0.15) is 13.2 Å². The Morgan fingerprint density at radius 3 is 2.55 bits per heavy atom. The lowest BCUT2D eigenvalue weighted by molar-refractivity contribution is -0.137. The summed E-state index contributed by atoms with van der Waals surface area (Å²) in [6, 6.07) is 8.82. The van der Waals surface area contributed by atoms with Gasteiger partial charge < -0.3 is 14.8 Å². The molecule has 0 saturated carbocycles. The van der Waals surface area contributed by atoms with Gasteiger partial charge >= 0.3 is 6.18 Å². The summed E-state index contributed by atoms with van der Waals surface area (Å²) < 4.78 is 49.2. The Bertz CT molecular complexity index is 1000. The molecule has 1 heterocycles. The molecule has 2 aromatic carbocycles. The van der Waals surface area contributed by atoms with Crippen LogP contribution in [0.4, 0.5) is 13.2 Å². The molecule has 5 nitrogen and oxygen atoms in total. The first-order valence-corrected chi connectivity index (χ1v) is 10.9. The van der Waals surface area contributed by atoms with E-state index in [2.05, 4.69) is 10.2 Å². The second-order valence-electron chi connectivity index (χ2n) is 7.83. The van der Waals surface area contributed by atoms with Gasteiger partial charge in [-0.1, -0.05) is 29.8 Å². The Labute approximate surface area is 196 Å². The smallest absolute Gasteiger partial charge is 0.416 e. The summed E-state index contributed by atoms with van der Waals surface area (Å²) in [6.45, 7) is 1.83. The molecular weight excluding hydrogens is 457 g/mol. The topological polar surface area (TPSA) is 50.8 Å². The maximum atomic E-state index is 12.9. The van der Waals surface area contributed by atoms with Crippen LogP contribution in [0.2, 0.25) is 5.02 Å². The highest BCUT2D eigenvalue weighted by Gasteiger charge is 2.30. The van der Waals surface area contributed by atoms with Crippen molar-refractivity contribution >= 4 is 23.6 Å². The molecule has 0 unspecified atom stereocenters. The fourth-order valence-corrected chi connectivity index (χ4v) is 4.09. The Kier molecular flexibility index (Phi) is 8.26. The van der Waals surface area contributed by atoms with Crippen molar-refractivity contribution in [3.63, 3.8) is 0 Å². The molecule has 0 atom stereocenters. The Balaban J connectivity index is 1.50. The van der Waals surface area contributed by atoms with Crippen molar-refractivity contribution in [2.75, 3.05) is 27.3 Å². The molecule has 178 valence electrons. The van der Waals surface area contributed by atoms with E-state index >= 15 is 0 Å². The number of ether oxygens (including phenoxy) is 2. The average Bonchev–Trinajstić information content (AvgIpc) is 2.78. The monoisotopic (exact) mass is 482 g/mol. The van der Waals surface area contributed by atoms with Gasteiger partial charge in [-0.05, 0) is 48.2 Å². The number of hydrogen-bond donors (Lipinski definition) is 1. The van der Waals surface area contributed by atoms with Gasteiger partial charge in [0.1, 0.15) is 0 Å². The molecule has 1 fully saturated rings. The van der Waals surface area contributed by atoms with Gasteiger partial charge in [0, 0.05) is 31.8 Å². The van der Waals surface area contributed by atoms with E-state index in [-0.39, 0.29) is 11.9 Å². The van der Waals surface area contributed by atoms with Crippen molar-refractivity contribution in [2.24, 2.45) is 0 Å². The number of amides is 1. The molecular formula is C24H26ClF3N2O3. The fourth-order valence-electron chi connectivity index (χ4n) is 3.79. The van der Waals surface area contributed by atoms with E-state index < -0.39 is 11.7 Å². The van der Waals surface area contributed by atoms with E-state index in [1.165, 1.54) is 32.4 Å². The third-order valence-corrected chi connectivity index (χ3v) is 5.76. The number of likely N-dealkylation sites (tertiary alicyclic amines) is 1. The largest absolute Gasteiger partial charge is 0.493 e. The lowest BCUT2D eigenvalue weighted by atomic mass is 10.0. The van der Waals surface area contributed by atoms with Gasteiger partial charge in [0.05, 0.1) is 24.8 Å². The predicted molar refractivity (Wildman–Crippen MR) is 121 cm³/mol. The normalized spacial score (nSPS) is 15.6. The van der Waals surface area contributed by atoms with Crippen LogP contribution in [0.15, 0.2) is 42.5 Å². The quantitative estimate of drug-likeness (QED) is 0.553. The molecule has 1 aliphatic heterocycles. The van der Waals surface area contributed by atoms with Crippen LogP contribution in [-0.2, 0) is 17.5 Å². The minimum atomic E-state index is -4.34. The highest BCUT2D eigenvalue weighted by atomic mass is 35.5. The van der Waals surface area contributed by atoms with Gasteiger partial charge in [-0.15, -0.1) is 0 Å². The number of hydrogen-bond acceptors (Lipinski definition) is 4. The maximum absolute atomic E-state index is 12.9. The third kappa shape index (κ3) is 6.88. The lowest BCUT2D eigenvalue weighted by Crippen LogP contribution is -2.43. The zero-order chi connectivity index (χ0) is 24.0. The number of piperidine rings is 1. The van der Waals surface area contributed by atoms with Crippen molar-refractivity contribution in [3.05, 3.63) is 64.2 Å². The number of nitrogens with one attached hydrogen (secondary N) is 1. The van der Waals surface area contributed by atoms with E-state index in [4.69, 9.17) is 21.1 Å². The number of methoxy groups -OCH3 is 2. The van der Waals surface area contributed by atoms with Crippen LogP contribution in [0.3, 0.4) is 0 Å².